The van der Waals surface area contributed by atoms with E-state index in [1.807, 2.05) is 18.2 Å². The lowest BCUT2D eigenvalue weighted by Crippen LogP contribution is -2.51. The molecule has 3 aliphatic rings. The van der Waals surface area contributed by atoms with Crippen molar-refractivity contribution >= 4 is 29.9 Å². The van der Waals surface area contributed by atoms with Gasteiger partial charge in [-0.15, -0.1) is 12.4 Å². The standard InChI is InChI=1S/C22H31ClN2O2.ClH/c23-19-6-2-5-18(13-19)22(7-9-27-10-8-22)14-25-21(26)17-11-15-3-1-4-16(12-17)20(15)24;/h2,5-6,13,15-17,20H,1,3-4,7-12,14,24H2,(H,25,26);1H. The first-order chi connectivity index (χ1) is 13.1. The van der Waals surface area contributed by atoms with Gasteiger partial charge in [0, 0.05) is 42.2 Å². The number of benzene rings is 1. The lowest BCUT2D eigenvalue weighted by molar-refractivity contribution is -0.128. The fraction of sp³-hybridized carbons (Fsp3) is 0.682. The highest BCUT2D eigenvalue weighted by molar-refractivity contribution is 6.30. The van der Waals surface area contributed by atoms with E-state index < -0.39 is 0 Å². The molecule has 6 heteroatoms. The quantitative estimate of drug-likeness (QED) is 0.761. The van der Waals surface area contributed by atoms with Gasteiger partial charge in [0.25, 0.3) is 0 Å². The number of halogens is 2. The number of rotatable bonds is 4. The van der Waals surface area contributed by atoms with E-state index in [9.17, 15) is 4.79 Å². The molecule has 2 saturated carbocycles. The van der Waals surface area contributed by atoms with E-state index in [0.717, 1.165) is 43.9 Å². The fourth-order valence-electron chi connectivity index (χ4n) is 5.55. The van der Waals surface area contributed by atoms with E-state index in [4.69, 9.17) is 22.1 Å². The largest absolute Gasteiger partial charge is 0.381 e. The Labute approximate surface area is 179 Å². The molecule has 2 atom stereocenters. The van der Waals surface area contributed by atoms with Crippen molar-refractivity contribution in [2.75, 3.05) is 19.8 Å². The van der Waals surface area contributed by atoms with Crippen LogP contribution in [0.3, 0.4) is 0 Å². The summed E-state index contributed by atoms with van der Waals surface area (Å²) < 4.78 is 5.60. The Hall–Kier alpha value is -0.810. The van der Waals surface area contributed by atoms with E-state index in [0.29, 0.717) is 24.4 Å². The van der Waals surface area contributed by atoms with Gasteiger partial charge in [-0.05, 0) is 68.1 Å². The first kappa shape index (κ1) is 21.9. The van der Waals surface area contributed by atoms with Gasteiger partial charge in [-0.3, -0.25) is 4.79 Å². The van der Waals surface area contributed by atoms with Crippen molar-refractivity contribution in [3.63, 3.8) is 0 Å². The van der Waals surface area contributed by atoms with E-state index in [1.54, 1.807) is 0 Å². The molecular formula is C22H32Cl2N2O2. The highest BCUT2D eigenvalue weighted by Gasteiger charge is 2.41. The van der Waals surface area contributed by atoms with Gasteiger partial charge in [-0.25, -0.2) is 0 Å². The van der Waals surface area contributed by atoms with Gasteiger partial charge in [0.05, 0.1) is 0 Å². The molecule has 2 unspecified atom stereocenters. The first-order valence-electron chi connectivity index (χ1n) is 10.4. The minimum Gasteiger partial charge on any atom is -0.381 e. The summed E-state index contributed by atoms with van der Waals surface area (Å²) in [5.74, 6) is 1.39. The molecule has 1 amide bonds. The number of amides is 1. The van der Waals surface area contributed by atoms with Gasteiger partial charge in [0.1, 0.15) is 0 Å². The number of nitrogens with one attached hydrogen (secondary N) is 1. The molecular weight excluding hydrogens is 395 g/mol. The minimum atomic E-state index is -0.0836. The average molecular weight is 427 g/mol. The number of nitrogens with two attached hydrogens (primary N) is 1. The summed E-state index contributed by atoms with van der Waals surface area (Å²) in [6.45, 7) is 2.11. The highest BCUT2D eigenvalue weighted by Crippen LogP contribution is 2.42. The summed E-state index contributed by atoms with van der Waals surface area (Å²) in [4.78, 5) is 13.0. The smallest absolute Gasteiger partial charge is 0.223 e. The fourth-order valence-corrected chi connectivity index (χ4v) is 5.74. The maximum absolute atomic E-state index is 13.0. The Morgan fingerprint density at radius 2 is 1.89 bits per heavy atom. The monoisotopic (exact) mass is 426 g/mol. The van der Waals surface area contributed by atoms with Crippen molar-refractivity contribution in [1.82, 2.24) is 5.32 Å². The maximum Gasteiger partial charge on any atom is 0.223 e. The van der Waals surface area contributed by atoms with Crippen LogP contribution in [0.4, 0.5) is 0 Å². The lowest BCUT2D eigenvalue weighted by atomic mass is 9.65. The number of carbonyl (C=O) groups is 1. The van der Waals surface area contributed by atoms with E-state index in [2.05, 4.69) is 11.4 Å². The Morgan fingerprint density at radius 1 is 1.21 bits per heavy atom. The zero-order valence-corrected chi connectivity index (χ0v) is 17.9. The van der Waals surface area contributed by atoms with E-state index in [1.165, 1.54) is 24.8 Å². The third kappa shape index (κ3) is 4.51. The van der Waals surface area contributed by atoms with Crippen LogP contribution in [-0.4, -0.2) is 31.7 Å². The molecule has 4 nitrogen and oxygen atoms in total. The van der Waals surface area contributed by atoms with Gasteiger partial charge < -0.3 is 15.8 Å². The normalized spacial score (nSPS) is 31.5. The molecule has 1 aromatic carbocycles. The molecule has 1 aromatic rings. The van der Waals surface area contributed by atoms with Crippen molar-refractivity contribution < 1.29 is 9.53 Å². The minimum absolute atomic E-state index is 0. The van der Waals surface area contributed by atoms with Crippen LogP contribution in [0, 0.1) is 17.8 Å². The topological polar surface area (TPSA) is 64.4 Å². The Balaban J connectivity index is 0.00000225. The summed E-state index contributed by atoms with van der Waals surface area (Å²) >= 11 is 6.25. The molecule has 2 bridgehead atoms. The zero-order valence-electron chi connectivity index (χ0n) is 16.4. The van der Waals surface area contributed by atoms with Crippen molar-refractivity contribution in [1.29, 1.82) is 0 Å². The van der Waals surface area contributed by atoms with Crippen LogP contribution in [0.15, 0.2) is 24.3 Å². The van der Waals surface area contributed by atoms with Gasteiger partial charge >= 0.3 is 0 Å². The van der Waals surface area contributed by atoms with E-state index >= 15 is 0 Å². The summed E-state index contributed by atoms with van der Waals surface area (Å²) in [6, 6.07) is 8.38. The Bertz CT molecular complexity index is 664. The predicted molar refractivity (Wildman–Crippen MR) is 115 cm³/mol. The van der Waals surface area contributed by atoms with Gasteiger partial charge in [-0.2, -0.15) is 0 Å². The molecule has 1 saturated heterocycles. The summed E-state index contributed by atoms with van der Waals surface area (Å²) in [5, 5.41) is 4.06. The third-order valence-corrected chi connectivity index (χ3v) is 7.51. The van der Waals surface area contributed by atoms with Crippen molar-refractivity contribution in [3.05, 3.63) is 34.9 Å². The van der Waals surface area contributed by atoms with Crippen molar-refractivity contribution in [2.45, 2.75) is 56.4 Å². The van der Waals surface area contributed by atoms with Crippen LogP contribution in [-0.2, 0) is 14.9 Å². The molecule has 28 heavy (non-hydrogen) atoms. The Morgan fingerprint density at radius 3 is 2.54 bits per heavy atom. The van der Waals surface area contributed by atoms with Crippen molar-refractivity contribution in [3.8, 4) is 0 Å². The number of ether oxygens (including phenoxy) is 1. The highest BCUT2D eigenvalue weighted by atomic mass is 35.5. The zero-order chi connectivity index (χ0) is 18.9. The number of hydrogen-bond donors (Lipinski definition) is 2. The van der Waals surface area contributed by atoms with Gasteiger partial charge in [0.15, 0.2) is 0 Å². The first-order valence-corrected chi connectivity index (χ1v) is 10.8. The Kier molecular flexibility index (Phi) is 7.30. The SMILES string of the molecule is Cl.NC1C2CCCC1CC(C(=O)NCC1(c3cccc(Cl)c3)CCOCC1)C2. The molecule has 0 radical (unpaired) electrons. The number of fused-ring (bicyclic) bond motifs is 2. The molecule has 1 aliphatic heterocycles. The predicted octanol–water partition coefficient (Wildman–Crippen LogP) is 4.08. The molecule has 2 aliphatic carbocycles. The van der Waals surface area contributed by atoms with Crippen LogP contribution < -0.4 is 11.1 Å². The molecule has 0 spiro atoms. The molecule has 3 N–H and O–H groups in total. The lowest BCUT2D eigenvalue weighted by Gasteiger charge is -2.44. The molecule has 3 fully saturated rings. The number of carbonyl (C=O) groups excluding carboxylic acids is 1. The van der Waals surface area contributed by atoms with Gasteiger partial charge in [-0.1, -0.05) is 30.2 Å². The van der Waals surface area contributed by atoms with Gasteiger partial charge in [0.2, 0.25) is 5.91 Å². The van der Waals surface area contributed by atoms with Crippen molar-refractivity contribution in [2.24, 2.45) is 23.5 Å². The van der Waals surface area contributed by atoms with Crippen LogP contribution in [0.5, 0.6) is 0 Å². The van der Waals surface area contributed by atoms with Crippen LogP contribution >= 0.6 is 24.0 Å². The second-order valence-corrected chi connectivity index (χ2v) is 9.25. The summed E-state index contributed by atoms with van der Waals surface area (Å²) in [6.07, 6.45) is 7.38. The molecule has 156 valence electrons. The summed E-state index contributed by atoms with van der Waals surface area (Å²) in [7, 11) is 0. The van der Waals surface area contributed by atoms with Crippen LogP contribution in [0.25, 0.3) is 0 Å². The molecule has 4 rings (SSSR count). The van der Waals surface area contributed by atoms with Crippen LogP contribution in [0.1, 0.15) is 50.5 Å². The average Bonchev–Trinajstić information content (AvgIpc) is 2.67. The second kappa shape index (κ2) is 9.34. The second-order valence-electron chi connectivity index (χ2n) is 8.82. The molecule has 0 aromatic heterocycles. The summed E-state index contributed by atoms with van der Waals surface area (Å²) in [5.41, 5.74) is 7.52. The molecule has 1 heterocycles. The van der Waals surface area contributed by atoms with Crippen LogP contribution in [0.2, 0.25) is 5.02 Å². The van der Waals surface area contributed by atoms with E-state index in [-0.39, 0.29) is 29.6 Å². The number of hydrogen-bond acceptors (Lipinski definition) is 3. The maximum atomic E-state index is 13.0. The third-order valence-electron chi connectivity index (χ3n) is 7.27.